The van der Waals surface area contributed by atoms with E-state index in [4.69, 9.17) is 0 Å². The van der Waals surface area contributed by atoms with Crippen LogP contribution in [0.5, 0.6) is 0 Å². The summed E-state index contributed by atoms with van der Waals surface area (Å²) in [5, 5.41) is 15.2. The van der Waals surface area contributed by atoms with Gasteiger partial charge in [0.2, 0.25) is 0 Å². The maximum Gasteiger partial charge on any atom is 0.271 e. The minimum atomic E-state index is -0.428. The first-order chi connectivity index (χ1) is 14.0. The van der Waals surface area contributed by atoms with Crippen molar-refractivity contribution in [1.29, 1.82) is 0 Å². The van der Waals surface area contributed by atoms with E-state index in [0.717, 1.165) is 23.0 Å². The number of non-ortho nitro benzene ring substituents is 1. The predicted octanol–water partition coefficient (Wildman–Crippen LogP) is 4.89. The summed E-state index contributed by atoms with van der Waals surface area (Å²) in [5.41, 5.74) is 4.42. The van der Waals surface area contributed by atoms with Crippen molar-refractivity contribution >= 4 is 39.4 Å². The lowest BCUT2D eigenvalue weighted by Crippen LogP contribution is -2.34. The summed E-state index contributed by atoms with van der Waals surface area (Å²) in [5.74, 6) is -0.346. The van der Waals surface area contributed by atoms with Gasteiger partial charge in [0, 0.05) is 46.5 Å². The van der Waals surface area contributed by atoms with Crippen LogP contribution in [0.4, 0.5) is 11.4 Å². The van der Waals surface area contributed by atoms with Crippen LogP contribution in [0.15, 0.2) is 52.0 Å². The Morgan fingerprint density at radius 3 is 2.55 bits per heavy atom. The lowest BCUT2D eigenvalue weighted by Gasteiger charge is -2.33. The molecule has 1 fully saturated rings. The molecular formula is C21H23BrN4O3. The summed E-state index contributed by atoms with van der Waals surface area (Å²) in [6.07, 6.45) is 7.30. The number of nitrogens with one attached hydrogen (secondary N) is 1. The lowest BCUT2D eigenvalue weighted by molar-refractivity contribution is -0.384. The summed E-state index contributed by atoms with van der Waals surface area (Å²) in [6, 6.07) is 12.1. The van der Waals surface area contributed by atoms with Crippen LogP contribution in [0.25, 0.3) is 0 Å². The molecule has 7 nitrogen and oxygen atoms in total. The highest BCUT2D eigenvalue weighted by molar-refractivity contribution is 9.10. The smallest absolute Gasteiger partial charge is 0.271 e. The molecule has 1 N–H and O–H groups in total. The zero-order valence-corrected chi connectivity index (χ0v) is 17.8. The summed E-state index contributed by atoms with van der Waals surface area (Å²) >= 11 is 3.33. The van der Waals surface area contributed by atoms with Crippen LogP contribution in [0.1, 0.15) is 48.0 Å². The number of hydrazone groups is 1. The summed E-state index contributed by atoms with van der Waals surface area (Å²) in [7, 11) is 2.01. The molecule has 1 amide bonds. The molecule has 29 heavy (non-hydrogen) atoms. The van der Waals surface area contributed by atoms with Crippen molar-refractivity contribution in [2.24, 2.45) is 5.10 Å². The fourth-order valence-corrected chi connectivity index (χ4v) is 3.84. The number of amides is 1. The Hall–Kier alpha value is -2.74. The standard InChI is InChI=1S/C21H23BrN4O3/c1-25(18-5-3-2-4-6-18)20-12-11-19(26(28)29)13-16(20)14-23-24-21(27)15-7-9-17(22)10-8-15/h7-14,18H,2-6H2,1H3,(H,24,27)/b23-14-. The van der Waals surface area contributed by atoms with Crippen LogP contribution in [-0.4, -0.2) is 30.1 Å². The van der Waals surface area contributed by atoms with Gasteiger partial charge in [0.25, 0.3) is 11.6 Å². The SMILES string of the molecule is CN(c1ccc([N+](=O)[O-])cc1/C=N\NC(=O)c1ccc(Br)cc1)C1CCCCC1. The van der Waals surface area contributed by atoms with Gasteiger partial charge in [-0.1, -0.05) is 35.2 Å². The number of anilines is 1. The average Bonchev–Trinajstić information content (AvgIpc) is 2.74. The number of benzene rings is 2. The summed E-state index contributed by atoms with van der Waals surface area (Å²) in [4.78, 5) is 25.2. The number of halogens is 1. The van der Waals surface area contributed by atoms with Crippen molar-refractivity contribution < 1.29 is 9.72 Å². The van der Waals surface area contributed by atoms with Gasteiger partial charge in [0.1, 0.15) is 0 Å². The van der Waals surface area contributed by atoms with Gasteiger partial charge < -0.3 is 4.90 Å². The molecule has 2 aromatic carbocycles. The number of nitro groups is 1. The summed E-state index contributed by atoms with van der Waals surface area (Å²) < 4.78 is 0.879. The topological polar surface area (TPSA) is 87.8 Å². The average molecular weight is 459 g/mol. The highest BCUT2D eigenvalue weighted by atomic mass is 79.9. The Morgan fingerprint density at radius 1 is 1.21 bits per heavy atom. The van der Waals surface area contributed by atoms with Gasteiger partial charge in [-0.2, -0.15) is 5.10 Å². The van der Waals surface area contributed by atoms with Crippen molar-refractivity contribution in [3.8, 4) is 0 Å². The second kappa shape index (κ2) is 9.65. The van der Waals surface area contributed by atoms with Crippen molar-refractivity contribution in [2.75, 3.05) is 11.9 Å². The van der Waals surface area contributed by atoms with Crippen molar-refractivity contribution in [3.63, 3.8) is 0 Å². The van der Waals surface area contributed by atoms with Crippen LogP contribution in [0, 0.1) is 10.1 Å². The monoisotopic (exact) mass is 458 g/mol. The van der Waals surface area contributed by atoms with E-state index < -0.39 is 4.92 Å². The largest absolute Gasteiger partial charge is 0.371 e. The molecule has 8 heteroatoms. The van der Waals surface area contributed by atoms with Gasteiger partial charge in [-0.25, -0.2) is 5.43 Å². The molecule has 0 unspecified atom stereocenters. The maximum absolute atomic E-state index is 12.2. The van der Waals surface area contributed by atoms with Gasteiger partial charge >= 0.3 is 0 Å². The van der Waals surface area contributed by atoms with Gasteiger partial charge in [0.15, 0.2) is 0 Å². The molecule has 1 saturated carbocycles. The summed E-state index contributed by atoms with van der Waals surface area (Å²) in [6.45, 7) is 0. The Kier molecular flexibility index (Phi) is 6.98. The molecule has 3 rings (SSSR count). The number of carbonyl (C=O) groups excluding carboxylic acids is 1. The van der Waals surface area contributed by atoms with Crippen molar-refractivity contribution in [2.45, 2.75) is 38.1 Å². The van der Waals surface area contributed by atoms with Gasteiger partial charge in [-0.15, -0.1) is 0 Å². The molecule has 152 valence electrons. The van der Waals surface area contributed by atoms with E-state index in [9.17, 15) is 14.9 Å². The van der Waals surface area contributed by atoms with Crippen LogP contribution in [0.3, 0.4) is 0 Å². The third kappa shape index (κ3) is 5.41. The minimum Gasteiger partial charge on any atom is -0.371 e. The first-order valence-corrected chi connectivity index (χ1v) is 10.4. The van der Waals surface area contributed by atoms with E-state index in [-0.39, 0.29) is 11.6 Å². The first kappa shape index (κ1) is 21.0. The third-order valence-corrected chi connectivity index (χ3v) is 5.73. The van der Waals surface area contributed by atoms with Crippen LogP contribution >= 0.6 is 15.9 Å². The lowest BCUT2D eigenvalue weighted by atomic mass is 9.94. The number of nitrogens with zero attached hydrogens (tertiary/aromatic N) is 3. The molecule has 1 aliphatic carbocycles. The van der Waals surface area contributed by atoms with Gasteiger partial charge in [0.05, 0.1) is 11.1 Å². The molecule has 0 atom stereocenters. The Morgan fingerprint density at radius 2 is 1.90 bits per heavy atom. The number of nitro benzene ring substituents is 1. The third-order valence-electron chi connectivity index (χ3n) is 5.20. The number of hydrogen-bond donors (Lipinski definition) is 1. The fraction of sp³-hybridized carbons (Fsp3) is 0.333. The van der Waals surface area contributed by atoms with E-state index in [1.54, 1.807) is 30.3 Å². The zero-order valence-electron chi connectivity index (χ0n) is 16.2. The Labute approximate surface area is 178 Å². The van der Waals surface area contributed by atoms with Crippen LogP contribution < -0.4 is 10.3 Å². The number of carbonyl (C=O) groups is 1. The second-order valence-electron chi connectivity index (χ2n) is 7.11. The number of hydrogen-bond acceptors (Lipinski definition) is 5. The molecule has 1 aliphatic rings. The zero-order chi connectivity index (χ0) is 20.8. The normalized spacial score (nSPS) is 14.7. The Balaban J connectivity index is 1.80. The molecule has 0 aromatic heterocycles. The number of rotatable bonds is 6. The van der Waals surface area contributed by atoms with E-state index >= 15 is 0 Å². The van der Waals surface area contributed by atoms with Crippen molar-refractivity contribution in [3.05, 3.63) is 68.2 Å². The molecule has 0 radical (unpaired) electrons. The van der Waals surface area contributed by atoms with E-state index in [1.165, 1.54) is 37.6 Å². The fourth-order valence-electron chi connectivity index (χ4n) is 3.57. The van der Waals surface area contributed by atoms with Crippen LogP contribution in [0.2, 0.25) is 0 Å². The molecular weight excluding hydrogens is 436 g/mol. The van der Waals surface area contributed by atoms with Crippen molar-refractivity contribution in [1.82, 2.24) is 5.43 Å². The second-order valence-corrected chi connectivity index (χ2v) is 8.02. The highest BCUT2D eigenvalue weighted by Crippen LogP contribution is 2.30. The molecule has 0 spiro atoms. The molecule has 0 bridgehead atoms. The maximum atomic E-state index is 12.2. The van der Waals surface area contributed by atoms with Crippen LogP contribution in [-0.2, 0) is 0 Å². The predicted molar refractivity (Wildman–Crippen MR) is 118 cm³/mol. The van der Waals surface area contributed by atoms with E-state index in [2.05, 4.69) is 31.4 Å². The molecule has 0 aliphatic heterocycles. The molecule has 2 aromatic rings. The van der Waals surface area contributed by atoms with E-state index in [1.807, 2.05) is 7.05 Å². The van der Waals surface area contributed by atoms with E-state index in [0.29, 0.717) is 17.2 Å². The quantitative estimate of drug-likeness (QED) is 0.379. The molecule has 0 saturated heterocycles. The van der Waals surface area contributed by atoms with Gasteiger partial charge in [-0.3, -0.25) is 14.9 Å². The first-order valence-electron chi connectivity index (χ1n) is 9.56. The minimum absolute atomic E-state index is 0.00789. The molecule has 0 heterocycles. The van der Waals surface area contributed by atoms with Gasteiger partial charge in [-0.05, 0) is 43.2 Å². The Bertz CT molecular complexity index is 909. The highest BCUT2D eigenvalue weighted by Gasteiger charge is 2.21.